The minimum Gasteiger partial charge on any atom is -0.383 e. The van der Waals surface area contributed by atoms with Gasteiger partial charge in [0.1, 0.15) is 11.6 Å². The van der Waals surface area contributed by atoms with Crippen LogP contribution in [-0.4, -0.2) is 16.0 Å². The Balaban J connectivity index is 2.22. The maximum Gasteiger partial charge on any atom is 0.260 e. The number of aromatic nitrogens is 2. The molecule has 2 aromatic rings. The van der Waals surface area contributed by atoms with Crippen LogP contribution in [0.15, 0.2) is 27.3 Å². The molecule has 2 aromatic heterocycles. The molecule has 0 aliphatic heterocycles. The molecule has 0 atom stereocenters. The van der Waals surface area contributed by atoms with Gasteiger partial charge in [-0.2, -0.15) is 0 Å². The molecule has 7 heteroatoms. The molecule has 0 bridgehead atoms. The minimum atomic E-state index is -0.385. The molecular formula is C10H9BrN4O2. The SMILES string of the molecule is Cc1cc(NC(=O)c2cc(Br)cnc2N)no1. The van der Waals surface area contributed by atoms with Crippen molar-refractivity contribution in [3.8, 4) is 0 Å². The molecular weight excluding hydrogens is 288 g/mol. The van der Waals surface area contributed by atoms with Crippen LogP contribution in [-0.2, 0) is 0 Å². The van der Waals surface area contributed by atoms with Crippen LogP contribution in [0.4, 0.5) is 11.6 Å². The highest BCUT2D eigenvalue weighted by molar-refractivity contribution is 9.10. The molecule has 0 saturated heterocycles. The van der Waals surface area contributed by atoms with Crippen LogP contribution < -0.4 is 11.1 Å². The molecule has 3 N–H and O–H groups in total. The van der Waals surface area contributed by atoms with E-state index in [1.54, 1.807) is 19.1 Å². The Hall–Kier alpha value is -1.89. The number of hydrogen-bond acceptors (Lipinski definition) is 5. The summed E-state index contributed by atoms with van der Waals surface area (Å²) in [6.07, 6.45) is 1.52. The van der Waals surface area contributed by atoms with E-state index in [9.17, 15) is 4.79 Å². The van der Waals surface area contributed by atoms with E-state index in [2.05, 4.69) is 31.4 Å². The molecule has 0 aromatic carbocycles. The van der Waals surface area contributed by atoms with Gasteiger partial charge in [0.15, 0.2) is 5.82 Å². The molecule has 17 heavy (non-hydrogen) atoms. The van der Waals surface area contributed by atoms with Crippen molar-refractivity contribution < 1.29 is 9.32 Å². The third-order valence-corrected chi connectivity index (χ3v) is 2.43. The van der Waals surface area contributed by atoms with Gasteiger partial charge in [-0.15, -0.1) is 0 Å². The van der Waals surface area contributed by atoms with Gasteiger partial charge in [-0.1, -0.05) is 5.16 Å². The second-order valence-electron chi connectivity index (χ2n) is 3.36. The number of anilines is 2. The molecule has 0 saturated carbocycles. The van der Waals surface area contributed by atoms with Gasteiger partial charge in [0.25, 0.3) is 5.91 Å². The number of nitrogens with two attached hydrogens (primary N) is 1. The summed E-state index contributed by atoms with van der Waals surface area (Å²) in [5.41, 5.74) is 5.89. The van der Waals surface area contributed by atoms with Gasteiger partial charge < -0.3 is 15.6 Å². The Morgan fingerprint density at radius 2 is 2.29 bits per heavy atom. The highest BCUT2D eigenvalue weighted by Crippen LogP contribution is 2.17. The number of carbonyl (C=O) groups is 1. The first-order chi connectivity index (χ1) is 8.06. The van der Waals surface area contributed by atoms with Gasteiger partial charge in [0, 0.05) is 16.7 Å². The maximum absolute atomic E-state index is 11.9. The summed E-state index contributed by atoms with van der Waals surface area (Å²) in [6.45, 7) is 1.73. The average molecular weight is 297 g/mol. The normalized spacial score (nSPS) is 10.2. The number of nitrogens with one attached hydrogen (secondary N) is 1. The second kappa shape index (κ2) is 4.54. The number of carbonyl (C=O) groups excluding carboxylic acids is 1. The third kappa shape index (κ3) is 2.62. The van der Waals surface area contributed by atoms with E-state index < -0.39 is 0 Å². The van der Waals surface area contributed by atoms with Crippen molar-refractivity contribution in [3.05, 3.63) is 34.1 Å². The lowest BCUT2D eigenvalue weighted by molar-refractivity contribution is 0.102. The molecule has 2 rings (SSSR count). The lowest BCUT2D eigenvalue weighted by Gasteiger charge is -2.04. The van der Waals surface area contributed by atoms with E-state index in [-0.39, 0.29) is 17.3 Å². The monoisotopic (exact) mass is 296 g/mol. The van der Waals surface area contributed by atoms with Crippen LogP contribution in [0.5, 0.6) is 0 Å². The lowest BCUT2D eigenvalue weighted by atomic mass is 10.2. The molecule has 2 heterocycles. The van der Waals surface area contributed by atoms with Crippen molar-refractivity contribution in [1.29, 1.82) is 0 Å². The van der Waals surface area contributed by atoms with Crippen molar-refractivity contribution in [2.75, 3.05) is 11.1 Å². The number of amides is 1. The lowest BCUT2D eigenvalue weighted by Crippen LogP contribution is -2.15. The number of hydrogen-bond donors (Lipinski definition) is 2. The van der Waals surface area contributed by atoms with E-state index in [0.29, 0.717) is 16.1 Å². The van der Waals surface area contributed by atoms with Crippen LogP contribution in [0.1, 0.15) is 16.1 Å². The topological polar surface area (TPSA) is 94.0 Å². The van der Waals surface area contributed by atoms with Crippen molar-refractivity contribution in [2.24, 2.45) is 0 Å². The number of nitrogen functional groups attached to an aromatic ring is 1. The standard InChI is InChI=1S/C10H9BrN4O2/c1-5-2-8(15-17-5)14-10(16)7-3-6(11)4-13-9(7)12/h2-4H,1H3,(H2,12,13)(H,14,15,16). The van der Waals surface area contributed by atoms with Crippen molar-refractivity contribution in [3.63, 3.8) is 0 Å². The van der Waals surface area contributed by atoms with Crippen LogP contribution in [0.3, 0.4) is 0 Å². The number of pyridine rings is 1. The summed E-state index contributed by atoms with van der Waals surface area (Å²) in [5, 5.41) is 6.22. The Kier molecular flexibility index (Phi) is 3.10. The molecule has 0 aliphatic carbocycles. The van der Waals surface area contributed by atoms with E-state index in [0.717, 1.165) is 0 Å². The van der Waals surface area contributed by atoms with Crippen LogP contribution >= 0.6 is 15.9 Å². The zero-order valence-corrected chi connectivity index (χ0v) is 10.5. The highest BCUT2D eigenvalue weighted by Gasteiger charge is 2.13. The predicted octanol–water partition coefficient (Wildman–Crippen LogP) is 1.98. The summed E-state index contributed by atoms with van der Waals surface area (Å²) in [5.74, 6) is 0.725. The number of nitrogens with zero attached hydrogens (tertiary/aromatic N) is 2. The summed E-state index contributed by atoms with van der Waals surface area (Å²) >= 11 is 3.22. The zero-order chi connectivity index (χ0) is 12.4. The van der Waals surface area contributed by atoms with E-state index in [1.165, 1.54) is 6.20 Å². The van der Waals surface area contributed by atoms with Crippen molar-refractivity contribution in [1.82, 2.24) is 10.1 Å². The van der Waals surface area contributed by atoms with E-state index >= 15 is 0 Å². The fourth-order valence-corrected chi connectivity index (χ4v) is 1.57. The molecule has 6 nitrogen and oxygen atoms in total. The van der Waals surface area contributed by atoms with Crippen molar-refractivity contribution >= 4 is 33.5 Å². The van der Waals surface area contributed by atoms with Gasteiger partial charge in [0.2, 0.25) is 0 Å². The first-order valence-corrected chi connectivity index (χ1v) is 5.51. The Labute approximate surface area is 105 Å². The molecule has 0 fully saturated rings. The largest absolute Gasteiger partial charge is 0.383 e. The Morgan fingerprint density at radius 3 is 2.94 bits per heavy atom. The summed E-state index contributed by atoms with van der Waals surface area (Å²) in [7, 11) is 0. The molecule has 0 aliphatic rings. The van der Waals surface area contributed by atoms with Crippen LogP contribution in [0.2, 0.25) is 0 Å². The van der Waals surface area contributed by atoms with Crippen LogP contribution in [0.25, 0.3) is 0 Å². The molecule has 0 spiro atoms. The van der Waals surface area contributed by atoms with E-state index in [4.69, 9.17) is 10.3 Å². The first kappa shape index (κ1) is 11.6. The smallest absolute Gasteiger partial charge is 0.260 e. The van der Waals surface area contributed by atoms with Crippen LogP contribution in [0, 0.1) is 6.92 Å². The molecule has 88 valence electrons. The zero-order valence-electron chi connectivity index (χ0n) is 8.90. The summed E-state index contributed by atoms with van der Waals surface area (Å²) < 4.78 is 5.51. The highest BCUT2D eigenvalue weighted by atomic mass is 79.9. The molecule has 0 unspecified atom stereocenters. The quantitative estimate of drug-likeness (QED) is 0.883. The fraction of sp³-hybridized carbons (Fsp3) is 0.100. The summed E-state index contributed by atoms with van der Waals surface area (Å²) in [6, 6.07) is 3.20. The fourth-order valence-electron chi connectivity index (χ4n) is 1.24. The average Bonchev–Trinajstić information content (AvgIpc) is 2.67. The first-order valence-electron chi connectivity index (χ1n) is 4.72. The van der Waals surface area contributed by atoms with Gasteiger partial charge >= 0.3 is 0 Å². The number of halogens is 1. The maximum atomic E-state index is 11.9. The summed E-state index contributed by atoms with van der Waals surface area (Å²) in [4.78, 5) is 15.7. The third-order valence-electron chi connectivity index (χ3n) is 2.00. The van der Waals surface area contributed by atoms with Gasteiger partial charge in [-0.05, 0) is 28.9 Å². The van der Waals surface area contributed by atoms with Gasteiger partial charge in [0.05, 0.1) is 5.56 Å². The second-order valence-corrected chi connectivity index (χ2v) is 4.28. The molecule has 0 radical (unpaired) electrons. The van der Waals surface area contributed by atoms with Gasteiger partial charge in [-0.25, -0.2) is 4.98 Å². The number of rotatable bonds is 2. The minimum absolute atomic E-state index is 0.158. The van der Waals surface area contributed by atoms with Crippen molar-refractivity contribution in [2.45, 2.75) is 6.92 Å². The Morgan fingerprint density at radius 1 is 1.53 bits per heavy atom. The number of aryl methyl sites for hydroxylation is 1. The Bertz CT molecular complexity index is 567. The predicted molar refractivity (Wildman–Crippen MR) is 65.5 cm³/mol. The van der Waals surface area contributed by atoms with Gasteiger partial charge in [-0.3, -0.25) is 4.79 Å². The van der Waals surface area contributed by atoms with E-state index in [1.807, 2.05) is 0 Å². The molecule has 1 amide bonds.